The second-order valence-electron chi connectivity index (χ2n) is 6.52. The van der Waals surface area contributed by atoms with Crippen molar-refractivity contribution in [2.75, 3.05) is 66.1 Å². The summed E-state index contributed by atoms with van der Waals surface area (Å²) in [5, 5.41) is 0. The third kappa shape index (κ3) is 19.8. The first kappa shape index (κ1) is 29.8. The molecule has 0 spiro atoms. The molecule has 182 valence electrons. The molecular formula is C23H36O9. The van der Waals surface area contributed by atoms with Crippen LogP contribution in [0.15, 0.2) is 38.0 Å². The van der Waals surface area contributed by atoms with E-state index in [1.807, 2.05) is 0 Å². The van der Waals surface area contributed by atoms with Crippen LogP contribution in [-0.4, -0.2) is 89.7 Å². The second-order valence-corrected chi connectivity index (χ2v) is 6.52. The molecule has 32 heavy (non-hydrogen) atoms. The summed E-state index contributed by atoms with van der Waals surface area (Å²) >= 11 is 0. The minimum Gasteiger partial charge on any atom is -0.462 e. The Morgan fingerprint density at radius 1 is 0.625 bits per heavy atom. The van der Waals surface area contributed by atoms with Crippen LogP contribution in [0, 0.1) is 0 Å². The van der Waals surface area contributed by atoms with Gasteiger partial charge < -0.3 is 28.4 Å². The molecule has 9 heteroatoms. The van der Waals surface area contributed by atoms with Gasteiger partial charge in [-0.2, -0.15) is 0 Å². The van der Waals surface area contributed by atoms with Crippen molar-refractivity contribution in [2.24, 2.45) is 0 Å². The van der Waals surface area contributed by atoms with Crippen molar-refractivity contribution in [1.29, 1.82) is 0 Å². The molecule has 0 aliphatic carbocycles. The number of carbonyl (C=O) groups excluding carboxylic acids is 3. The van der Waals surface area contributed by atoms with Gasteiger partial charge in [0.1, 0.15) is 19.3 Å². The molecule has 0 saturated carbocycles. The molecule has 0 saturated heterocycles. The van der Waals surface area contributed by atoms with Crippen LogP contribution >= 0.6 is 0 Å². The van der Waals surface area contributed by atoms with Gasteiger partial charge in [0.25, 0.3) is 0 Å². The lowest BCUT2D eigenvalue weighted by Gasteiger charge is -2.18. The molecule has 9 nitrogen and oxygen atoms in total. The first-order chi connectivity index (χ1) is 15.5. The summed E-state index contributed by atoms with van der Waals surface area (Å²) in [5.74, 6) is -0.787. The van der Waals surface area contributed by atoms with E-state index < -0.39 is 5.97 Å². The summed E-state index contributed by atoms with van der Waals surface area (Å²) in [6.07, 6.45) is 5.08. The van der Waals surface area contributed by atoms with Gasteiger partial charge in [0.05, 0.1) is 19.8 Å². The number of ketones is 2. The quantitative estimate of drug-likeness (QED) is 0.122. The average molecular weight is 457 g/mol. The predicted molar refractivity (Wildman–Crippen MR) is 118 cm³/mol. The number of hydrogen-bond acceptors (Lipinski definition) is 9. The molecule has 0 fully saturated rings. The smallest absolute Gasteiger partial charge is 0.330 e. The molecule has 0 rings (SSSR count). The standard InChI is InChI=1S/C23H36O9/c1-4-20(24)16-27-10-7-11-29-18-22(19-30-13-9-15-32-23(26)6-3)31-14-8-12-28-17-21(25)5-2/h4-6,22H,1-3,7-19H2. The van der Waals surface area contributed by atoms with Crippen LogP contribution in [0.4, 0.5) is 0 Å². The normalized spacial score (nSPS) is 11.5. The first-order valence-electron chi connectivity index (χ1n) is 10.6. The molecule has 0 aromatic rings. The molecule has 0 N–H and O–H groups in total. The van der Waals surface area contributed by atoms with E-state index in [1.54, 1.807) is 0 Å². The van der Waals surface area contributed by atoms with Gasteiger partial charge in [-0.15, -0.1) is 0 Å². The zero-order valence-corrected chi connectivity index (χ0v) is 18.8. The van der Waals surface area contributed by atoms with Crippen LogP contribution in [0.5, 0.6) is 0 Å². The Labute approximate surface area is 190 Å². The van der Waals surface area contributed by atoms with Crippen LogP contribution in [0.2, 0.25) is 0 Å². The second kappa shape index (κ2) is 22.0. The Morgan fingerprint density at radius 3 is 1.59 bits per heavy atom. The van der Waals surface area contributed by atoms with Crippen LogP contribution in [0.25, 0.3) is 0 Å². The fourth-order valence-corrected chi connectivity index (χ4v) is 2.10. The van der Waals surface area contributed by atoms with Gasteiger partial charge in [0, 0.05) is 45.5 Å². The van der Waals surface area contributed by atoms with Crippen molar-refractivity contribution in [2.45, 2.75) is 25.4 Å². The molecule has 1 unspecified atom stereocenters. The number of carbonyl (C=O) groups is 3. The predicted octanol–water partition coefficient (Wildman–Crippen LogP) is 1.85. The van der Waals surface area contributed by atoms with Gasteiger partial charge in [0.2, 0.25) is 0 Å². The van der Waals surface area contributed by atoms with Crippen molar-refractivity contribution < 1.29 is 42.8 Å². The molecule has 0 aliphatic heterocycles. The highest BCUT2D eigenvalue weighted by atomic mass is 16.6. The minimum absolute atomic E-state index is 0.00997. The summed E-state index contributed by atoms with van der Waals surface area (Å²) < 4.78 is 32.3. The number of ether oxygens (including phenoxy) is 6. The Morgan fingerprint density at radius 2 is 1.09 bits per heavy atom. The van der Waals surface area contributed by atoms with Gasteiger partial charge in [0.15, 0.2) is 11.6 Å². The molecule has 0 bridgehead atoms. The summed E-state index contributed by atoms with van der Waals surface area (Å²) in [4.78, 5) is 33.1. The van der Waals surface area contributed by atoms with Crippen LogP contribution < -0.4 is 0 Å². The summed E-state index contributed by atoms with van der Waals surface area (Å²) in [6.45, 7) is 13.1. The molecule has 0 aliphatic rings. The van der Waals surface area contributed by atoms with Gasteiger partial charge in [-0.1, -0.05) is 19.7 Å². The minimum atomic E-state index is -0.463. The van der Waals surface area contributed by atoms with Crippen molar-refractivity contribution >= 4 is 17.5 Å². The molecule has 0 amide bonds. The van der Waals surface area contributed by atoms with Gasteiger partial charge in [-0.05, 0) is 25.0 Å². The van der Waals surface area contributed by atoms with Crippen LogP contribution in [0.1, 0.15) is 19.3 Å². The van der Waals surface area contributed by atoms with Crippen LogP contribution in [-0.2, 0) is 42.8 Å². The zero-order chi connectivity index (χ0) is 23.9. The fourth-order valence-electron chi connectivity index (χ4n) is 2.10. The van der Waals surface area contributed by atoms with E-state index in [4.69, 9.17) is 28.4 Å². The van der Waals surface area contributed by atoms with E-state index in [0.717, 1.165) is 6.08 Å². The van der Waals surface area contributed by atoms with E-state index in [-0.39, 0.29) is 37.5 Å². The molecule has 0 aromatic carbocycles. The van der Waals surface area contributed by atoms with Gasteiger partial charge in [-0.25, -0.2) is 4.79 Å². The Kier molecular flexibility index (Phi) is 20.5. The van der Waals surface area contributed by atoms with E-state index in [1.165, 1.54) is 12.2 Å². The lowest BCUT2D eigenvalue weighted by Crippen LogP contribution is -2.27. The molecule has 0 heterocycles. The maximum Gasteiger partial charge on any atom is 0.330 e. The van der Waals surface area contributed by atoms with Crippen molar-refractivity contribution in [3.8, 4) is 0 Å². The zero-order valence-electron chi connectivity index (χ0n) is 18.8. The van der Waals surface area contributed by atoms with Gasteiger partial charge in [-0.3, -0.25) is 9.59 Å². The van der Waals surface area contributed by atoms with Crippen molar-refractivity contribution in [3.63, 3.8) is 0 Å². The van der Waals surface area contributed by atoms with E-state index in [0.29, 0.717) is 65.5 Å². The molecular weight excluding hydrogens is 420 g/mol. The third-order valence-electron chi connectivity index (χ3n) is 3.76. The van der Waals surface area contributed by atoms with E-state index >= 15 is 0 Å². The van der Waals surface area contributed by atoms with Crippen molar-refractivity contribution in [3.05, 3.63) is 38.0 Å². The summed E-state index contributed by atoms with van der Waals surface area (Å²) in [6, 6.07) is 0. The third-order valence-corrected chi connectivity index (χ3v) is 3.76. The van der Waals surface area contributed by atoms with E-state index in [9.17, 15) is 14.4 Å². The highest BCUT2D eigenvalue weighted by molar-refractivity contribution is 5.90. The highest BCUT2D eigenvalue weighted by Crippen LogP contribution is 2.00. The topological polar surface area (TPSA) is 107 Å². The average Bonchev–Trinajstić information content (AvgIpc) is 2.81. The SMILES string of the molecule is C=CC(=O)COCCCOCC(COCCCOC(=O)C=C)OCCCOCC(=O)C=C. The molecule has 1 atom stereocenters. The lowest BCUT2D eigenvalue weighted by atomic mass is 10.3. The Balaban J connectivity index is 4.03. The monoisotopic (exact) mass is 456 g/mol. The largest absolute Gasteiger partial charge is 0.462 e. The highest BCUT2D eigenvalue weighted by Gasteiger charge is 2.10. The first-order valence-corrected chi connectivity index (χ1v) is 10.6. The fraction of sp³-hybridized carbons (Fsp3) is 0.609. The van der Waals surface area contributed by atoms with Crippen LogP contribution in [0.3, 0.4) is 0 Å². The number of hydrogen-bond donors (Lipinski definition) is 0. The number of esters is 1. The van der Waals surface area contributed by atoms with Gasteiger partial charge >= 0.3 is 5.97 Å². The Bertz CT molecular complexity index is 528. The maximum atomic E-state index is 11.1. The summed E-state index contributed by atoms with van der Waals surface area (Å²) in [7, 11) is 0. The van der Waals surface area contributed by atoms with Crippen molar-refractivity contribution in [1.82, 2.24) is 0 Å². The molecule has 0 radical (unpaired) electrons. The number of rotatable bonds is 24. The Hall–Kier alpha value is -2.17. The maximum absolute atomic E-state index is 11.1. The lowest BCUT2D eigenvalue weighted by molar-refractivity contribution is -0.138. The van der Waals surface area contributed by atoms with E-state index in [2.05, 4.69) is 19.7 Å². The summed E-state index contributed by atoms with van der Waals surface area (Å²) in [5.41, 5.74) is 0. The molecule has 0 aromatic heterocycles.